The van der Waals surface area contributed by atoms with Crippen LogP contribution in [0.15, 0.2) is 28.2 Å². The predicted octanol–water partition coefficient (Wildman–Crippen LogP) is 6.38. The number of rotatable bonds is 5. The number of esters is 1. The van der Waals surface area contributed by atoms with Gasteiger partial charge in [0.2, 0.25) is 5.43 Å². The minimum atomic E-state index is -0.684. The van der Waals surface area contributed by atoms with Gasteiger partial charge in [-0.05, 0) is 74.7 Å². The van der Waals surface area contributed by atoms with Gasteiger partial charge in [0.25, 0.3) is 0 Å². The monoisotopic (exact) mass is 466 g/mol. The van der Waals surface area contributed by atoms with Crippen LogP contribution in [-0.2, 0) is 11.2 Å². The van der Waals surface area contributed by atoms with Gasteiger partial charge < -0.3 is 9.30 Å². The molecular weight excluding hydrogens is 443 g/mol. The smallest absolute Gasteiger partial charge is 0.343 e. The SMILES string of the molecule is CCOC(=O)c1cn(C2CC2)c2c(C)c(-c3cc4c(s3)CCCC4N=[N+]=[N-])c(F)cc2c1=O. The number of carbonyl (C=O) groups is 1. The van der Waals surface area contributed by atoms with Crippen LogP contribution in [0.5, 0.6) is 0 Å². The van der Waals surface area contributed by atoms with Crippen LogP contribution in [0.2, 0.25) is 0 Å². The van der Waals surface area contributed by atoms with E-state index in [1.54, 1.807) is 13.1 Å². The molecule has 3 aromatic rings. The lowest BCUT2D eigenvalue weighted by Crippen LogP contribution is -2.21. The standard InChI is InChI=1S/C24H23FN4O3S/c1-3-32-24(31)16-11-29(13-7-8-13)22-12(2)21(17(25)9-15(22)23(16)30)20-10-14-18(27-28-26)5-4-6-19(14)33-20/h9-11,13,18H,3-8H2,1-2H3. The maximum absolute atomic E-state index is 15.5. The van der Waals surface area contributed by atoms with E-state index in [9.17, 15) is 9.59 Å². The van der Waals surface area contributed by atoms with Gasteiger partial charge in [0.15, 0.2) is 0 Å². The Morgan fingerprint density at radius 3 is 2.85 bits per heavy atom. The lowest BCUT2D eigenvalue weighted by atomic mass is 9.93. The number of azide groups is 1. The molecule has 0 saturated heterocycles. The highest BCUT2D eigenvalue weighted by atomic mass is 32.1. The summed E-state index contributed by atoms with van der Waals surface area (Å²) in [6.07, 6.45) is 6.03. The molecule has 1 atom stereocenters. The van der Waals surface area contributed by atoms with Crippen LogP contribution in [0.4, 0.5) is 4.39 Å². The number of carbonyl (C=O) groups excluding carboxylic acids is 1. The van der Waals surface area contributed by atoms with Gasteiger partial charge in [-0.15, -0.1) is 11.3 Å². The molecule has 0 radical (unpaired) electrons. The van der Waals surface area contributed by atoms with Crippen LogP contribution in [-0.4, -0.2) is 17.1 Å². The van der Waals surface area contributed by atoms with E-state index < -0.39 is 17.2 Å². The van der Waals surface area contributed by atoms with Crippen LogP contribution < -0.4 is 5.43 Å². The Hall–Kier alpha value is -3.16. The van der Waals surface area contributed by atoms with Crippen molar-refractivity contribution < 1.29 is 13.9 Å². The molecular formula is C24H23FN4O3S. The molecule has 0 spiro atoms. The normalized spacial score (nSPS) is 17.5. The number of halogens is 1. The summed E-state index contributed by atoms with van der Waals surface area (Å²) in [4.78, 5) is 30.4. The Bertz CT molecular complexity index is 1400. The van der Waals surface area contributed by atoms with E-state index in [4.69, 9.17) is 10.3 Å². The Kier molecular flexibility index (Phi) is 5.46. The second-order valence-corrected chi connectivity index (χ2v) is 9.72. The summed E-state index contributed by atoms with van der Waals surface area (Å²) in [7, 11) is 0. The average molecular weight is 467 g/mol. The van der Waals surface area contributed by atoms with E-state index in [0.717, 1.165) is 47.4 Å². The van der Waals surface area contributed by atoms with E-state index in [-0.39, 0.29) is 29.6 Å². The quantitative estimate of drug-likeness (QED) is 0.189. The fourth-order valence-corrected chi connectivity index (χ4v) is 6.18. The predicted molar refractivity (Wildman–Crippen MR) is 125 cm³/mol. The van der Waals surface area contributed by atoms with Crippen molar-refractivity contribution in [3.05, 3.63) is 66.4 Å². The largest absolute Gasteiger partial charge is 0.462 e. The molecule has 2 aliphatic carbocycles. The van der Waals surface area contributed by atoms with Crippen LogP contribution in [0.3, 0.4) is 0 Å². The molecule has 2 heterocycles. The summed E-state index contributed by atoms with van der Waals surface area (Å²) in [5.74, 6) is -1.18. The Labute approximate surface area is 193 Å². The van der Waals surface area contributed by atoms with Crippen molar-refractivity contribution in [3.63, 3.8) is 0 Å². The highest BCUT2D eigenvalue weighted by Crippen LogP contribution is 2.45. The number of pyridine rings is 1. The first kappa shape index (κ1) is 21.7. The molecule has 5 rings (SSSR count). The molecule has 0 N–H and O–H groups in total. The van der Waals surface area contributed by atoms with E-state index in [2.05, 4.69) is 10.0 Å². The summed E-state index contributed by atoms with van der Waals surface area (Å²) in [5, 5.41) is 4.12. The molecule has 2 aliphatic rings. The maximum Gasteiger partial charge on any atom is 0.343 e. The molecule has 9 heteroatoms. The Balaban J connectivity index is 1.74. The topological polar surface area (TPSA) is 97.1 Å². The third-order valence-corrected chi connectivity index (χ3v) is 7.69. The Morgan fingerprint density at radius 2 is 2.15 bits per heavy atom. The van der Waals surface area contributed by atoms with Gasteiger partial charge in [0.1, 0.15) is 11.4 Å². The van der Waals surface area contributed by atoms with Crippen molar-refractivity contribution >= 4 is 28.2 Å². The van der Waals surface area contributed by atoms with E-state index in [0.29, 0.717) is 16.6 Å². The lowest BCUT2D eigenvalue weighted by molar-refractivity contribution is 0.0524. The van der Waals surface area contributed by atoms with Gasteiger partial charge in [-0.1, -0.05) is 5.11 Å². The first-order chi connectivity index (χ1) is 15.9. The molecule has 1 saturated carbocycles. The minimum Gasteiger partial charge on any atom is -0.462 e. The number of aryl methyl sites for hydroxylation is 2. The Morgan fingerprint density at radius 1 is 1.36 bits per heavy atom. The van der Waals surface area contributed by atoms with Crippen molar-refractivity contribution in [1.82, 2.24) is 4.57 Å². The molecule has 1 fully saturated rings. The van der Waals surface area contributed by atoms with Crippen molar-refractivity contribution in [1.29, 1.82) is 0 Å². The summed E-state index contributed by atoms with van der Waals surface area (Å²) >= 11 is 1.52. The minimum absolute atomic E-state index is 0.0633. The van der Waals surface area contributed by atoms with Gasteiger partial charge in [0.05, 0.1) is 18.2 Å². The van der Waals surface area contributed by atoms with Gasteiger partial charge in [-0.3, -0.25) is 4.79 Å². The maximum atomic E-state index is 15.5. The summed E-state index contributed by atoms with van der Waals surface area (Å²) in [6, 6.07) is 3.13. The molecule has 1 unspecified atom stereocenters. The van der Waals surface area contributed by atoms with Crippen LogP contribution in [0, 0.1) is 12.7 Å². The molecule has 1 aromatic carbocycles. The molecule has 170 valence electrons. The van der Waals surface area contributed by atoms with Crippen molar-refractivity contribution in [3.8, 4) is 10.4 Å². The highest BCUT2D eigenvalue weighted by Gasteiger charge is 2.30. The van der Waals surface area contributed by atoms with Crippen LogP contribution in [0.25, 0.3) is 31.8 Å². The highest BCUT2D eigenvalue weighted by molar-refractivity contribution is 7.15. The number of nitrogens with zero attached hydrogens (tertiary/aromatic N) is 4. The number of ether oxygens (including phenoxy) is 1. The first-order valence-electron chi connectivity index (χ1n) is 11.2. The van der Waals surface area contributed by atoms with E-state index in [1.807, 2.05) is 17.6 Å². The van der Waals surface area contributed by atoms with Gasteiger partial charge in [-0.25, -0.2) is 9.18 Å². The average Bonchev–Trinajstić information content (AvgIpc) is 3.54. The summed E-state index contributed by atoms with van der Waals surface area (Å²) in [5.41, 5.74) is 11.1. The third-order valence-electron chi connectivity index (χ3n) is 6.47. The van der Waals surface area contributed by atoms with Crippen molar-refractivity contribution in [2.45, 2.75) is 58.0 Å². The first-order valence-corrected chi connectivity index (χ1v) is 12.0. The zero-order chi connectivity index (χ0) is 23.3. The van der Waals surface area contributed by atoms with Gasteiger partial charge in [-0.2, -0.15) is 0 Å². The van der Waals surface area contributed by atoms with Crippen LogP contribution >= 0.6 is 11.3 Å². The van der Waals surface area contributed by atoms with Crippen molar-refractivity contribution in [2.24, 2.45) is 5.11 Å². The zero-order valence-corrected chi connectivity index (χ0v) is 19.2. The molecule has 33 heavy (non-hydrogen) atoms. The second-order valence-electron chi connectivity index (χ2n) is 8.59. The molecule has 2 aromatic heterocycles. The van der Waals surface area contributed by atoms with Crippen LogP contribution in [0.1, 0.15) is 71.1 Å². The zero-order valence-electron chi connectivity index (χ0n) is 18.4. The lowest BCUT2D eigenvalue weighted by Gasteiger charge is -2.17. The van der Waals surface area contributed by atoms with Crippen molar-refractivity contribution in [2.75, 3.05) is 6.61 Å². The molecule has 0 bridgehead atoms. The number of thiophene rings is 1. The van der Waals surface area contributed by atoms with Gasteiger partial charge >= 0.3 is 5.97 Å². The fraction of sp³-hybridized carbons (Fsp3) is 0.417. The number of hydrogen-bond acceptors (Lipinski definition) is 5. The number of fused-ring (bicyclic) bond motifs is 2. The molecule has 0 amide bonds. The number of benzene rings is 1. The molecule has 0 aliphatic heterocycles. The summed E-state index contributed by atoms with van der Waals surface area (Å²) in [6.45, 7) is 3.67. The molecule has 7 nitrogen and oxygen atoms in total. The second kappa shape index (κ2) is 8.32. The van der Waals surface area contributed by atoms with E-state index in [1.165, 1.54) is 17.4 Å². The number of aromatic nitrogens is 1. The van der Waals surface area contributed by atoms with E-state index >= 15 is 4.39 Å². The fourth-order valence-electron chi connectivity index (χ4n) is 4.81. The van der Waals surface area contributed by atoms with Gasteiger partial charge in [0, 0.05) is 37.9 Å². The third kappa shape index (κ3) is 3.61. The number of hydrogen-bond donors (Lipinski definition) is 0. The summed E-state index contributed by atoms with van der Waals surface area (Å²) < 4.78 is 22.6.